The topological polar surface area (TPSA) is 125 Å². The first-order chi connectivity index (χ1) is 12.2. The Hall–Kier alpha value is -2.05. The van der Waals surface area contributed by atoms with Crippen LogP contribution >= 0.6 is 7.60 Å². The van der Waals surface area contributed by atoms with Gasteiger partial charge in [0, 0.05) is 5.41 Å². The summed E-state index contributed by atoms with van der Waals surface area (Å²) < 4.78 is 33.2. The number of esters is 2. The van der Waals surface area contributed by atoms with Crippen LogP contribution in [-0.2, 0) is 32.7 Å². The minimum Gasteiger partial charge on any atom is -0.462 e. The van der Waals surface area contributed by atoms with E-state index >= 15 is 0 Å². The molecule has 26 heavy (non-hydrogen) atoms. The second kappa shape index (κ2) is 9.59. The van der Waals surface area contributed by atoms with Crippen LogP contribution in [0.2, 0.25) is 0 Å². The number of carbonyl (C=O) groups excluding carboxylic acids is 2. The summed E-state index contributed by atoms with van der Waals surface area (Å²) in [6.45, 7) is 6.53. The molecule has 1 rings (SSSR count). The summed E-state index contributed by atoms with van der Waals surface area (Å²) in [5, 5.41) is 0. The number of cyclic esters (lactones) is 1. The molecule has 1 atom stereocenters. The summed E-state index contributed by atoms with van der Waals surface area (Å²) in [4.78, 5) is 26.9. The molecular weight excluding hydrogens is 363 g/mol. The van der Waals surface area contributed by atoms with Crippen molar-refractivity contribution in [3.05, 3.63) is 29.8 Å². The lowest BCUT2D eigenvalue weighted by molar-refractivity contribution is -0.160. The molecule has 0 amide bonds. The van der Waals surface area contributed by atoms with Crippen LogP contribution in [0.25, 0.3) is 5.53 Å². The lowest BCUT2D eigenvalue weighted by Gasteiger charge is -2.21. The Morgan fingerprint density at radius 2 is 1.85 bits per heavy atom. The van der Waals surface area contributed by atoms with Gasteiger partial charge in [0.1, 0.15) is 6.61 Å². The first-order valence-corrected chi connectivity index (χ1v) is 9.47. The van der Waals surface area contributed by atoms with Crippen molar-refractivity contribution in [1.29, 1.82) is 0 Å². The largest absolute Gasteiger partial charge is 0.484 e. The fraction of sp³-hybridized carbons (Fsp3) is 0.562. The normalized spacial score (nSPS) is 19.5. The molecule has 0 saturated carbocycles. The molecule has 1 aliphatic rings. The molecule has 10 heteroatoms. The molecule has 0 bridgehead atoms. The summed E-state index contributed by atoms with van der Waals surface area (Å²) in [5.74, 6) is -2.02. The standard InChI is InChI=1S/C16H23N2O7P/c1-5-7-9-23-26(21,24-10-8-6-2)13(18-17)15(20)25-12-14(19)22-11-16(12,3)4/h5-8,12H,9-11H2,1-4H3/b7-5+,8-6+. The van der Waals surface area contributed by atoms with E-state index in [9.17, 15) is 19.7 Å². The molecule has 1 unspecified atom stereocenters. The maximum Gasteiger partial charge on any atom is 0.484 e. The third-order valence-electron chi connectivity index (χ3n) is 3.42. The Balaban J connectivity index is 3.04. The quantitative estimate of drug-likeness (QED) is 0.149. The van der Waals surface area contributed by atoms with Gasteiger partial charge in [-0.05, 0) is 13.8 Å². The third kappa shape index (κ3) is 5.47. The molecule has 1 fully saturated rings. The number of rotatable bonds is 9. The van der Waals surface area contributed by atoms with E-state index in [0.29, 0.717) is 0 Å². The maximum atomic E-state index is 12.9. The van der Waals surface area contributed by atoms with Crippen molar-refractivity contribution in [2.75, 3.05) is 19.8 Å². The van der Waals surface area contributed by atoms with Gasteiger partial charge in [0.25, 0.3) is 0 Å². The van der Waals surface area contributed by atoms with Gasteiger partial charge in [-0.1, -0.05) is 38.2 Å². The van der Waals surface area contributed by atoms with Gasteiger partial charge in [0.15, 0.2) is 0 Å². The van der Waals surface area contributed by atoms with Crippen LogP contribution in [-0.4, -0.2) is 48.1 Å². The Morgan fingerprint density at radius 1 is 1.31 bits per heavy atom. The molecule has 0 aromatic carbocycles. The van der Waals surface area contributed by atoms with Crippen LogP contribution in [0.5, 0.6) is 0 Å². The van der Waals surface area contributed by atoms with E-state index in [0.717, 1.165) is 0 Å². The van der Waals surface area contributed by atoms with Gasteiger partial charge in [-0.15, -0.1) is 4.79 Å². The minimum atomic E-state index is -4.29. The number of nitrogens with zero attached hydrogens (tertiary/aromatic N) is 2. The lowest BCUT2D eigenvalue weighted by atomic mass is 9.90. The van der Waals surface area contributed by atoms with Gasteiger partial charge in [-0.3, -0.25) is 9.05 Å². The lowest BCUT2D eigenvalue weighted by Crippen LogP contribution is -2.37. The zero-order valence-electron chi connectivity index (χ0n) is 15.2. The Labute approximate surface area is 152 Å². The van der Waals surface area contributed by atoms with Crippen LogP contribution < -0.4 is 0 Å². The van der Waals surface area contributed by atoms with Gasteiger partial charge in [0.2, 0.25) is 6.10 Å². The zero-order valence-corrected chi connectivity index (χ0v) is 16.1. The monoisotopic (exact) mass is 386 g/mol. The van der Waals surface area contributed by atoms with Crippen molar-refractivity contribution in [3.8, 4) is 0 Å². The fourth-order valence-corrected chi connectivity index (χ4v) is 3.21. The molecule has 0 radical (unpaired) electrons. The van der Waals surface area contributed by atoms with Crippen molar-refractivity contribution in [2.45, 2.75) is 33.8 Å². The molecule has 1 saturated heterocycles. The van der Waals surface area contributed by atoms with E-state index in [1.165, 1.54) is 12.2 Å². The highest BCUT2D eigenvalue weighted by molar-refractivity contribution is 7.74. The second-order valence-electron chi connectivity index (χ2n) is 6.03. The summed E-state index contributed by atoms with van der Waals surface area (Å²) in [6.07, 6.45) is 5.11. The van der Waals surface area contributed by atoms with Crippen LogP contribution in [0.3, 0.4) is 0 Å². The highest BCUT2D eigenvalue weighted by atomic mass is 31.2. The average Bonchev–Trinajstić information content (AvgIpc) is 2.83. The smallest absolute Gasteiger partial charge is 0.462 e. The minimum absolute atomic E-state index is 0.0582. The zero-order chi connectivity index (χ0) is 19.8. The van der Waals surface area contributed by atoms with Crippen molar-refractivity contribution in [2.24, 2.45) is 5.41 Å². The SMILES string of the molecule is C/C=C/COP(=O)(OC/C=C/C)C(=[N+]=[N-])C(=O)OC1C(=O)OCC1(C)C. The first kappa shape index (κ1) is 22.0. The molecule has 0 aromatic rings. The van der Waals surface area contributed by atoms with E-state index in [1.807, 2.05) is 0 Å². The number of ether oxygens (including phenoxy) is 2. The van der Waals surface area contributed by atoms with E-state index < -0.39 is 36.5 Å². The molecule has 9 nitrogen and oxygen atoms in total. The number of hydrogen-bond acceptors (Lipinski definition) is 7. The van der Waals surface area contributed by atoms with Gasteiger partial charge < -0.3 is 15.0 Å². The molecular formula is C16H23N2O7P. The van der Waals surface area contributed by atoms with Crippen molar-refractivity contribution in [3.63, 3.8) is 0 Å². The number of allylic oxidation sites excluding steroid dienone is 2. The molecule has 1 aliphatic heterocycles. The first-order valence-electron chi connectivity index (χ1n) is 7.93. The molecule has 0 aliphatic carbocycles. The van der Waals surface area contributed by atoms with Crippen LogP contribution in [0, 0.1) is 5.41 Å². The maximum absolute atomic E-state index is 12.9. The summed E-state index contributed by atoms with van der Waals surface area (Å²) in [5.41, 5.74) is 7.49. The van der Waals surface area contributed by atoms with Gasteiger partial charge >= 0.3 is 25.0 Å². The van der Waals surface area contributed by atoms with Crippen molar-refractivity contribution < 1.29 is 37.5 Å². The summed E-state index contributed by atoms with van der Waals surface area (Å²) >= 11 is 0. The van der Waals surface area contributed by atoms with E-state index in [-0.39, 0.29) is 19.8 Å². The van der Waals surface area contributed by atoms with Crippen LogP contribution in [0.4, 0.5) is 0 Å². The fourth-order valence-electron chi connectivity index (χ4n) is 1.94. The van der Waals surface area contributed by atoms with Gasteiger partial charge in [-0.2, -0.15) is 0 Å². The third-order valence-corrected chi connectivity index (χ3v) is 5.19. The predicted octanol–water partition coefficient (Wildman–Crippen LogP) is 2.49. The molecule has 144 valence electrons. The Kier molecular flexibility index (Phi) is 8.11. The van der Waals surface area contributed by atoms with E-state index in [4.69, 9.17) is 18.5 Å². The molecule has 0 N–H and O–H groups in total. The number of hydrogen-bond donors (Lipinski definition) is 0. The van der Waals surface area contributed by atoms with Crippen molar-refractivity contribution in [1.82, 2.24) is 0 Å². The second-order valence-corrected chi connectivity index (χ2v) is 7.97. The number of carbonyl (C=O) groups is 2. The van der Waals surface area contributed by atoms with E-state index in [2.05, 4.69) is 4.79 Å². The highest BCUT2D eigenvalue weighted by Crippen LogP contribution is 2.49. The summed E-state index contributed by atoms with van der Waals surface area (Å²) in [7, 11) is -4.29. The van der Waals surface area contributed by atoms with E-state index in [1.54, 1.807) is 39.8 Å². The molecule has 0 aromatic heterocycles. The molecule has 1 heterocycles. The van der Waals surface area contributed by atoms with Crippen LogP contribution in [0.1, 0.15) is 27.7 Å². The molecule has 0 spiro atoms. The predicted molar refractivity (Wildman–Crippen MR) is 92.4 cm³/mol. The average molecular weight is 386 g/mol. The highest BCUT2D eigenvalue weighted by Gasteiger charge is 2.52. The Morgan fingerprint density at radius 3 is 2.23 bits per heavy atom. The summed E-state index contributed by atoms with van der Waals surface area (Å²) in [6, 6.07) is 0. The Bertz CT molecular complexity index is 673. The van der Waals surface area contributed by atoms with Crippen molar-refractivity contribution >= 4 is 25.0 Å². The van der Waals surface area contributed by atoms with Crippen LogP contribution in [0.15, 0.2) is 24.3 Å². The van der Waals surface area contributed by atoms with Gasteiger partial charge in [0.05, 0.1) is 13.2 Å². The van der Waals surface area contributed by atoms with Gasteiger partial charge in [-0.25, -0.2) is 14.2 Å².